The van der Waals surface area contributed by atoms with Crippen molar-refractivity contribution in [3.05, 3.63) is 6.07 Å². The minimum atomic E-state index is -0.164. The Hall–Kier alpha value is -1.56. The summed E-state index contributed by atoms with van der Waals surface area (Å²) in [6, 6.07) is 1.72. The van der Waals surface area contributed by atoms with Gasteiger partial charge < -0.3 is 20.5 Å². The second-order valence-corrected chi connectivity index (χ2v) is 4.79. The molecular formula is C12H22N4O2. The third kappa shape index (κ3) is 5.67. The van der Waals surface area contributed by atoms with E-state index in [2.05, 4.69) is 15.3 Å². The predicted octanol–water partition coefficient (Wildman–Crippen LogP) is 1.68. The van der Waals surface area contributed by atoms with Crippen molar-refractivity contribution in [1.29, 1.82) is 0 Å². The monoisotopic (exact) mass is 254 g/mol. The van der Waals surface area contributed by atoms with E-state index in [9.17, 15) is 0 Å². The van der Waals surface area contributed by atoms with E-state index < -0.39 is 0 Å². The van der Waals surface area contributed by atoms with Crippen LogP contribution in [0.1, 0.15) is 27.7 Å². The second-order valence-electron chi connectivity index (χ2n) is 4.79. The highest BCUT2D eigenvalue weighted by Gasteiger charge is 2.09. The molecule has 0 saturated carbocycles. The van der Waals surface area contributed by atoms with Gasteiger partial charge in [0.1, 0.15) is 12.4 Å². The zero-order chi connectivity index (χ0) is 13.6. The maximum Gasteiger partial charge on any atom is 0.225 e. The zero-order valence-electron chi connectivity index (χ0n) is 11.5. The molecule has 0 radical (unpaired) electrons. The maximum absolute atomic E-state index is 5.59. The Morgan fingerprint density at radius 2 is 2.00 bits per heavy atom. The molecule has 0 unspecified atom stereocenters. The van der Waals surface area contributed by atoms with Gasteiger partial charge in [-0.2, -0.15) is 9.97 Å². The largest absolute Gasteiger partial charge is 0.475 e. The lowest BCUT2D eigenvalue weighted by Crippen LogP contribution is -2.22. The van der Waals surface area contributed by atoms with E-state index in [0.29, 0.717) is 24.9 Å². The van der Waals surface area contributed by atoms with E-state index in [-0.39, 0.29) is 11.5 Å². The normalized spacial score (nSPS) is 11.3. The minimum Gasteiger partial charge on any atom is -0.475 e. The smallest absolute Gasteiger partial charge is 0.225 e. The topological polar surface area (TPSA) is 82.3 Å². The number of nitrogens with zero attached hydrogens (tertiary/aromatic N) is 2. The van der Waals surface area contributed by atoms with Crippen molar-refractivity contribution >= 4 is 11.8 Å². The number of rotatable bonds is 6. The van der Waals surface area contributed by atoms with Gasteiger partial charge >= 0.3 is 0 Å². The van der Waals surface area contributed by atoms with Crippen LogP contribution in [0.4, 0.5) is 11.8 Å². The number of nitrogen functional groups attached to an aromatic ring is 1. The average Bonchev–Trinajstić information content (AvgIpc) is 2.23. The van der Waals surface area contributed by atoms with Crippen LogP contribution in [0.15, 0.2) is 6.07 Å². The van der Waals surface area contributed by atoms with Gasteiger partial charge in [-0.3, -0.25) is 0 Å². The van der Waals surface area contributed by atoms with Crippen LogP contribution in [0.3, 0.4) is 0 Å². The SMILES string of the molecule is CCNc1cc(OCCOC(C)(C)C)nc(N)n1. The highest BCUT2D eigenvalue weighted by molar-refractivity contribution is 5.42. The van der Waals surface area contributed by atoms with Gasteiger partial charge in [0.05, 0.1) is 12.2 Å². The molecule has 0 aliphatic carbocycles. The predicted molar refractivity (Wildman–Crippen MR) is 71.8 cm³/mol. The maximum atomic E-state index is 5.59. The molecule has 0 spiro atoms. The van der Waals surface area contributed by atoms with Gasteiger partial charge in [-0.05, 0) is 27.7 Å². The summed E-state index contributed by atoms with van der Waals surface area (Å²) in [6.07, 6.45) is 0. The first-order chi connectivity index (χ1) is 8.40. The van der Waals surface area contributed by atoms with Crippen molar-refractivity contribution in [2.45, 2.75) is 33.3 Å². The molecule has 0 amide bonds. The summed E-state index contributed by atoms with van der Waals surface area (Å²) < 4.78 is 11.0. The summed E-state index contributed by atoms with van der Waals surface area (Å²) in [7, 11) is 0. The lowest BCUT2D eigenvalue weighted by molar-refractivity contribution is -0.0168. The molecule has 0 bridgehead atoms. The molecule has 18 heavy (non-hydrogen) atoms. The molecule has 3 N–H and O–H groups in total. The summed E-state index contributed by atoms with van der Waals surface area (Å²) in [5, 5.41) is 3.06. The van der Waals surface area contributed by atoms with E-state index >= 15 is 0 Å². The van der Waals surface area contributed by atoms with Gasteiger partial charge in [0, 0.05) is 12.6 Å². The van der Waals surface area contributed by atoms with Crippen molar-refractivity contribution in [3.8, 4) is 5.88 Å². The summed E-state index contributed by atoms with van der Waals surface area (Å²) >= 11 is 0. The van der Waals surface area contributed by atoms with Crippen molar-refractivity contribution in [1.82, 2.24) is 9.97 Å². The summed E-state index contributed by atoms with van der Waals surface area (Å²) in [4.78, 5) is 8.03. The number of nitrogens with two attached hydrogens (primary N) is 1. The van der Waals surface area contributed by atoms with Gasteiger partial charge in [-0.25, -0.2) is 0 Å². The van der Waals surface area contributed by atoms with Gasteiger partial charge in [0.2, 0.25) is 11.8 Å². The first-order valence-corrected chi connectivity index (χ1v) is 6.06. The van der Waals surface area contributed by atoms with E-state index in [1.165, 1.54) is 0 Å². The summed E-state index contributed by atoms with van der Waals surface area (Å²) in [5.41, 5.74) is 5.43. The van der Waals surface area contributed by atoms with Crippen LogP contribution < -0.4 is 15.8 Å². The molecule has 0 aromatic carbocycles. The average molecular weight is 254 g/mol. The fourth-order valence-electron chi connectivity index (χ4n) is 1.28. The Labute approximate surface area is 108 Å². The number of ether oxygens (including phenoxy) is 2. The molecule has 102 valence electrons. The first-order valence-electron chi connectivity index (χ1n) is 6.06. The quantitative estimate of drug-likeness (QED) is 0.752. The molecule has 0 aliphatic rings. The van der Waals surface area contributed by atoms with Gasteiger partial charge in [0.15, 0.2) is 0 Å². The zero-order valence-corrected chi connectivity index (χ0v) is 11.5. The Morgan fingerprint density at radius 3 is 2.61 bits per heavy atom. The Morgan fingerprint density at radius 1 is 1.28 bits per heavy atom. The Bertz CT molecular complexity index is 377. The molecule has 1 aromatic rings. The van der Waals surface area contributed by atoms with Crippen molar-refractivity contribution in [2.75, 3.05) is 30.8 Å². The molecular weight excluding hydrogens is 232 g/mol. The van der Waals surface area contributed by atoms with Crippen molar-refractivity contribution in [2.24, 2.45) is 0 Å². The number of hydrogen-bond donors (Lipinski definition) is 2. The minimum absolute atomic E-state index is 0.164. The van der Waals surface area contributed by atoms with Gasteiger partial charge in [-0.1, -0.05) is 0 Å². The molecule has 0 saturated heterocycles. The first kappa shape index (κ1) is 14.5. The molecule has 1 rings (SSSR count). The molecule has 0 aliphatic heterocycles. The van der Waals surface area contributed by atoms with Crippen LogP contribution in [0.25, 0.3) is 0 Å². The molecule has 1 heterocycles. The molecule has 1 aromatic heterocycles. The van der Waals surface area contributed by atoms with Crippen LogP contribution in [-0.2, 0) is 4.74 Å². The van der Waals surface area contributed by atoms with Crippen molar-refractivity contribution < 1.29 is 9.47 Å². The fourth-order valence-corrected chi connectivity index (χ4v) is 1.28. The Balaban J connectivity index is 2.46. The third-order valence-corrected chi connectivity index (χ3v) is 1.95. The van der Waals surface area contributed by atoms with E-state index in [1.54, 1.807) is 6.07 Å². The van der Waals surface area contributed by atoms with E-state index in [0.717, 1.165) is 6.54 Å². The number of aromatic nitrogens is 2. The van der Waals surface area contributed by atoms with Crippen LogP contribution in [-0.4, -0.2) is 35.3 Å². The van der Waals surface area contributed by atoms with E-state index in [4.69, 9.17) is 15.2 Å². The molecule has 6 nitrogen and oxygen atoms in total. The van der Waals surface area contributed by atoms with Crippen LogP contribution in [0.2, 0.25) is 0 Å². The standard InChI is InChI=1S/C12H22N4O2/c1-5-14-9-8-10(16-11(13)15-9)17-6-7-18-12(2,3)4/h8H,5-7H2,1-4H3,(H3,13,14,15,16). The van der Waals surface area contributed by atoms with Crippen molar-refractivity contribution in [3.63, 3.8) is 0 Å². The second kappa shape index (κ2) is 6.39. The summed E-state index contributed by atoms with van der Waals surface area (Å²) in [6.45, 7) is 9.68. The van der Waals surface area contributed by atoms with E-state index in [1.807, 2.05) is 27.7 Å². The van der Waals surface area contributed by atoms with Gasteiger partial charge in [0.25, 0.3) is 0 Å². The van der Waals surface area contributed by atoms with Gasteiger partial charge in [-0.15, -0.1) is 0 Å². The van der Waals surface area contributed by atoms with Crippen LogP contribution >= 0.6 is 0 Å². The third-order valence-electron chi connectivity index (χ3n) is 1.95. The Kier molecular flexibility index (Phi) is 5.15. The molecule has 0 fully saturated rings. The number of hydrogen-bond acceptors (Lipinski definition) is 6. The highest BCUT2D eigenvalue weighted by atomic mass is 16.5. The molecule has 0 atom stereocenters. The lowest BCUT2D eigenvalue weighted by atomic mass is 10.2. The summed E-state index contributed by atoms with van der Waals surface area (Å²) in [5.74, 6) is 1.31. The molecule has 6 heteroatoms. The number of anilines is 2. The number of nitrogens with one attached hydrogen (secondary N) is 1. The highest BCUT2D eigenvalue weighted by Crippen LogP contribution is 2.14. The van der Waals surface area contributed by atoms with Crippen LogP contribution in [0, 0.1) is 0 Å². The lowest BCUT2D eigenvalue weighted by Gasteiger charge is -2.19. The van der Waals surface area contributed by atoms with Crippen LogP contribution in [0.5, 0.6) is 5.88 Å². The fraction of sp³-hybridized carbons (Fsp3) is 0.667.